The first-order chi connectivity index (χ1) is 13.4. The maximum Gasteiger partial charge on any atom is 0.313 e. The van der Waals surface area contributed by atoms with Crippen LogP contribution in [-0.4, -0.2) is 25.0 Å². The van der Waals surface area contributed by atoms with E-state index >= 15 is 0 Å². The van der Waals surface area contributed by atoms with Gasteiger partial charge < -0.3 is 10.1 Å². The maximum atomic E-state index is 14.2. The summed E-state index contributed by atoms with van der Waals surface area (Å²) in [6.45, 7) is 0. The lowest BCUT2D eigenvalue weighted by atomic mass is 9.85. The molecular weight excluding hydrogens is 371 g/mol. The summed E-state index contributed by atoms with van der Waals surface area (Å²) in [4.78, 5) is 24.5. The fraction of sp³-hybridized carbons (Fsp3) is 0.238. The Labute approximate surface area is 160 Å². The molecule has 1 aliphatic carbocycles. The van der Waals surface area contributed by atoms with E-state index in [1.165, 1.54) is 25.3 Å². The van der Waals surface area contributed by atoms with Crippen molar-refractivity contribution in [2.45, 2.75) is 18.4 Å². The number of allylic oxidation sites excluding steroid dienone is 1. The zero-order valence-corrected chi connectivity index (χ0v) is 15.0. The molecule has 1 N–H and O–H groups in total. The van der Waals surface area contributed by atoms with Crippen LogP contribution in [0.1, 0.15) is 28.3 Å². The first-order valence-corrected chi connectivity index (χ1v) is 8.67. The molecule has 0 aliphatic heterocycles. The van der Waals surface area contributed by atoms with Gasteiger partial charge in [-0.3, -0.25) is 9.59 Å². The lowest BCUT2D eigenvalue weighted by molar-refractivity contribution is -0.143. The molecule has 0 saturated carbocycles. The van der Waals surface area contributed by atoms with Gasteiger partial charge in [0.15, 0.2) is 0 Å². The van der Waals surface area contributed by atoms with E-state index in [-0.39, 0.29) is 11.1 Å². The number of hydrogen-bond acceptors (Lipinski definition) is 3. The number of halogens is 3. The highest BCUT2D eigenvalue weighted by Gasteiger charge is 2.35. The van der Waals surface area contributed by atoms with Crippen LogP contribution in [0.2, 0.25) is 0 Å². The van der Waals surface area contributed by atoms with Crippen molar-refractivity contribution < 1.29 is 27.5 Å². The minimum Gasteiger partial charge on any atom is -0.469 e. The van der Waals surface area contributed by atoms with Gasteiger partial charge in [-0.15, -0.1) is 0 Å². The van der Waals surface area contributed by atoms with Gasteiger partial charge in [0.25, 0.3) is 5.91 Å². The van der Waals surface area contributed by atoms with E-state index in [4.69, 9.17) is 4.74 Å². The second-order valence-electron chi connectivity index (χ2n) is 6.51. The predicted molar refractivity (Wildman–Crippen MR) is 96.0 cm³/mol. The number of carbonyl (C=O) groups is 2. The van der Waals surface area contributed by atoms with Crippen molar-refractivity contribution in [2.75, 3.05) is 7.11 Å². The number of esters is 1. The van der Waals surface area contributed by atoms with Crippen LogP contribution in [0.15, 0.2) is 54.6 Å². The van der Waals surface area contributed by atoms with Crippen LogP contribution < -0.4 is 5.32 Å². The number of carbonyl (C=O) groups excluding carboxylic acids is 2. The Kier molecular flexibility index (Phi) is 5.82. The first-order valence-electron chi connectivity index (χ1n) is 8.67. The summed E-state index contributed by atoms with van der Waals surface area (Å²) in [6, 6.07) is 8.14. The molecule has 0 saturated heterocycles. The Hall–Kier alpha value is -3.09. The Bertz CT molecular complexity index is 929. The molecule has 3 rings (SSSR count). The molecule has 7 heteroatoms. The number of amides is 1. The summed E-state index contributed by atoms with van der Waals surface area (Å²) in [6.07, 6.45) is 3.68. The molecule has 2 aromatic carbocycles. The van der Waals surface area contributed by atoms with Crippen molar-refractivity contribution in [1.29, 1.82) is 0 Å². The second kappa shape index (κ2) is 8.29. The lowest BCUT2D eigenvalue weighted by Crippen LogP contribution is -2.34. The average molecular weight is 389 g/mol. The van der Waals surface area contributed by atoms with Crippen LogP contribution in [-0.2, 0) is 9.53 Å². The molecule has 0 fully saturated rings. The molecule has 3 unspecified atom stereocenters. The van der Waals surface area contributed by atoms with Crippen molar-refractivity contribution in [3.05, 3.63) is 83.2 Å². The standard InChI is InChI=1S/C21H18F3NO3/c1-28-21(27)19(15-4-2-3-5-17(15)23)12-6-8-14(10-12)25-20(26)16-9-7-13(22)11-18(16)24/h2-9,11-12,14,19H,10H2,1H3,(H,25,26). The molecule has 0 radical (unpaired) electrons. The number of rotatable bonds is 5. The summed E-state index contributed by atoms with van der Waals surface area (Å²) in [5, 5.41) is 2.63. The summed E-state index contributed by atoms with van der Waals surface area (Å²) in [5.74, 6) is -4.83. The first kappa shape index (κ1) is 19.7. The van der Waals surface area contributed by atoms with Crippen molar-refractivity contribution in [2.24, 2.45) is 5.92 Å². The van der Waals surface area contributed by atoms with Gasteiger partial charge >= 0.3 is 5.97 Å². The molecule has 1 amide bonds. The summed E-state index contributed by atoms with van der Waals surface area (Å²) in [5.41, 5.74) is -0.0718. The molecule has 2 aromatic rings. The predicted octanol–water partition coefficient (Wildman–Crippen LogP) is 3.74. The van der Waals surface area contributed by atoms with E-state index in [2.05, 4.69) is 5.32 Å². The zero-order valence-electron chi connectivity index (χ0n) is 15.0. The molecule has 0 aromatic heterocycles. The Balaban J connectivity index is 1.74. The van der Waals surface area contributed by atoms with Crippen LogP contribution in [0.4, 0.5) is 13.2 Å². The largest absolute Gasteiger partial charge is 0.469 e. The minimum absolute atomic E-state index is 0.209. The van der Waals surface area contributed by atoms with Crippen molar-refractivity contribution in [3.8, 4) is 0 Å². The number of nitrogens with one attached hydrogen (secondary N) is 1. The Morgan fingerprint density at radius 1 is 1.07 bits per heavy atom. The van der Waals surface area contributed by atoms with Crippen LogP contribution in [0.5, 0.6) is 0 Å². The molecule has 3 atom stereocenters. The average Bonchev–Trinajstić information content (AvgIpc) is 3.11. The fourth-order valence-corrected chi connectivity index (χ4v) is 3.39. The molecule has 0 bridgehead atoms. The third kappa shape index (κ3) is 4.08. The Morgan fingerprint density at radius 2 is 1.82 bits per heavy atom. The van der Waals surface area contributed by atoms with Crippen LogP contribution in [0.25, 0.3) is 0 Å². The van der Waals surface area contributed by atoms with Gasteiger partial charge in [0.2, 0.25) is 0 Å². The van der Waals surface area contributed by atoms with Crippen molar-refractivity contribution in [3.63, 3.8) is 0 Å². The lowest BCUT2D eigenvalue weighted by Gasteiger charge is -2.22. The fourth-order valence-electron chi connectivity index (χ4n) is 3.39. The molecule has 4 nitrogen and oxygen atoms in total. The van der Waals surface area contributed by atoms with Gasteiger partial charge in [0, 0.05) is 17.7 Å². The van der Waals surface area contributed by atoms with E-state index in [1.807, 2.05) is 0 Å². The normalized spacial score (nSPS) is 19.3. The summed E-state index contributed by atoms with van der Waals surface area (Å²) >= 11 is 0. The van der Waals surface area contributed by atoms with Crippen LogP contribution >= 0.6 is 0 Å². The van der Waals surface area contributed by atoms with E-state index in [9.17, 15) is 22.8 Å². The van der Waals surface area contributed by atoms with Crippen molar-refractivity contribution >= 4 is 11.9 Å². The highest BCUT2D eigenvalue weighted by molar-refractivity contribution is 5.94. The van der Waals surface area contributed by atoms with E-state index in [1.54, 1.807) is 18.2 Å². The minimum atomic E-state index is -0.963. The molecular formula is C21H18F3NO3. The van der Waals surface area contributed by atoms with E-state index in [0.717, 1.165) is 12.1 Å². The Morgan fingerprint density at radius 3 is 2.50 bits per heavy atom. The van der Waals surface area contributed by atoms with Gasteiger partial charge in [0.1, 0.15) is 17.5 Å². The molecule has 146 valence electrons. The van der Waals surface area contributed by atoms with Gasteiger partial charge in [-0.25, -0.2) is 13.2 Å². The highest BCUT2D eigenvalue weighted by Crippen LogP contribution is 2.35. The number of methoxy groups -OCH3 is 1. The van der Waals surface area contributed by atoms with Crippen LogP contribution in [0, 0.1) is 23.4 Å². The third-order valence-electron chi connectivity index (χ3n) is 4.73. The number of benzene rings is 2. The monoisotopic (exact) mass is 389 g/mol. The highest BCUT2D eigenvalue weighted by atomic mass is 19.1. The quantitative estimate of drug-likeness (QED) is 0.626. The zero-order chi connectivity index (χ0) is 20.3. The topological polar surface area (TPSA) is 55.4 Å². The van der Waals surface area contributed by atoms with E-state index < -0.39 is 47.2 Å². The van der Waals surface area contributed by atoms with Gasteiger partial charge in [-0.2, -0.15) is 0 Å². The SMILES string of the molecule is COC(=O)C(c1ccccc1F)C1C=CC(NC(=O)c2ccc(F)cc2F)C1. The molecule has 0 heterocycles. The van der Waals surface area contributed by atoms with Gasteiger partial charge in [0.05, 0.1) is 18.6 Å². The smallest absolute Gasteiger partial charge is 0.313 e. The van der Waals surface area contributed by atoms with Crippen molar-refractivity contribution in [1.82, 2.24) is 5.32 Å². The van der Waals surface area contributed by atoms with Gasteiger partial charge in [-0.05, 0) is 30.5 Å². The molecule has 28 heavy (non-hydrogen) atoms. The number of ether oxygens (including phenoxy) is 1. The second-order valence-corrected chi connectivity index (χ2v) is 6.51. The van der Waals surface area contributed by atoms with Gasteiger partial charge in [-0.1, -0.05) is 30.4 Å². The molecule has 1 aliphatic rings. The maximum absolute atomic E-state index is 14.2. The number of hydrogen-bond donors (Lipinski definition) is 1. The molecule has 0 spiro atoms. The summed E-state index contributed by atoms with van der Waals surface area (Å²) in [7, 11) is 1.23. The van der Waals surface area contributed by atoms with E-state index in [0.29, 0.717) is 12.5 Å². The third-order valence-corrected chi connectivity index (χ3v) is 4.73. The summed E-state index contributed by atoms with van der Waals surface area (Å²) < 4.78 is 45.8. The van der Waals surface area contributed by atoms with Crippen LogP contribution in [0.3, 0.4) is 0 Å².